The van der Waals surface area contributed by atoms with Crippen molar-refractivity contribution in [3.63, 3.8) is 0 Å². The fraction of sp³-hybridized carbons (Fsp3) is 0.250. The number of aromatic nitrogens is 4. The molecule has 2 heterocycles. The number of amides is 1. The molecule has 4 aromatic rings. The van der Waals surface area contributed by atoms with E-state index in [0.29, 0.717) is 44.1 Å². The van der Waals surface area contributed by atoms with Crippen molar-refractivity contribution in [1.29, 1.82) is 0 Å². The van der Waals surface area contributed by atoms with Crippen LogP contribution in [0.1, 0.15) is 17.8 Å². The van der Waals surface area contributed by atoms with Gasteiger partial charge in [-0.3, -0.25) is 4.79 Å². The minimum atomic E-state index is -0.181. The number of thioether (sulfide) groups is 1. The van der Waals surface area contributed by atoms with Crippen LogP contribution in [0, 0.1) is 6.92 Å². The molecule has 1 N–H and O–H groups in total. The lowest BCUT2D eigenvalue weighted by atomic mass is 10.2. The van der Waals surface area contributed by atoms with Gasteiger partial charge in [-0.05, 0) is 55.3 Å². The van der Waals surface area contributed by atoms with Gasteiger partial charge in [0.25, 0.3) is 0 Å². The van der Waals surface area contributed by atoms with Gasteiger partial charge in [-0.15, -0.1) is 21.5 Å². The molecule has 0 fully saturated rings. The van der Waals surface area contributed by atoms with E-state index >= 15 is 0 Å². The highest BCUT2D eigenvalue weighted by atomic mass is 35.5. The van der Waals surface area contributed by atoms with Crippen LogP contribution in [-0.4, -0.2) is 38.0 Å². The Morgan fingerprint density at radius 3 is 2.69 bits per heavy atom. The maximum absolute atomic E-state index is 12.5. The quantitative estimate of drug-likeness (QED) is 0.161. The predicted octanol–water partition coefficient (Wildman–Crippen LogP) is 6.95. The Morgan fingerprint density at radius 2 is 1.92 bits per heavy atom. The summed E-state index contributed by atoms with van der Waals surface area (Å²) < 4.78 is 7.74. The van der Waals surface area contributed by atoms with Crippen molar-refractivity contribution in [1.82, 2.24) is 19.7 Å². The third-order valence-electron chi connectivity index (χ3n) is 5.15. The Morgan fingerprint density at radius 1 is 1.14 bits per heavy atom. The van der Waals surface area contributed by atoms with Crippen molar-refractivity contribution < 1.29 is 9.53 Å². The lowest BCUT2D eigenvalue weighted by molar-refractivity contribution is -0.113. The molecule has 0 unspecified atom stereocenters. The number of rotatable bonds is 10. The van der Waals surface area contributed by atoms with E-state index in [0.717, 1.165) is 29.1 Å². The van der Waals surface area contributed by atoms with E-state index in [-0.39, 0.29) is 11.7 Å². The number of nitrogens with zero attached hydrogens (tertiary/aromatic N) is 4. The summed E-state index contributed by atoms with van der Waals surface area (Å²) in [5.74, 6) is 1.66. The SMILES string of the molecule is Cc1cc(Cl)ccc1OCCCc1nnc(SCC(=O)Nc2nc(-c3ccc(Cl)cc3Cl)cs2)n1C. The first kappa shape index (κ1) is 26.8. The largest absolute Gasteiger partial charge is 0.493 e. The number of benzene rings is 2. The average molecular weight is 583 g/mol. The number of carbonyl (C=O) groups is 1. The topological polar surface area (TPSA) is 81.9 Å². The summed E-state index contributed by atoms with van der Waals surface area (Å²) >= 11 is 20.8. The molecule has 12 heteroatoms. The lowest BCUT2D eigenvalue weighted by Crippen LogP contribution is -2.14. The molecule has 1 amide bonds. The minimum absolute atomic E-state index is 0.181. The average Bonchev–Trinajstić information content (AvgIpc) is 3.43. The molecule has 0 aliphatic carbocycles. The summed E-state index contributed by atoms with van der Waals surface area (Å²) in [6.45, 7) is 2.52. The smallest absolute Gasteiger partial charge is 0.236 e. The van der Waals surface area contributed by atoms with E-state index in [1.807, 2.05) is 42.1 Å². The van der Waals surface area contributed by atoms with Crippen LogP contribution in [0.5, 0.6) is 5.75 Å². The molecule has 188 valence electrons. The number of carbonyl (C=O) groups excluding carboxylic acids is 1. The zero-order valence-electron chi connectivity index (χ0n) is 19.4. The Labute approximate surface area is 232 Å². The van der Waals surface area contributed by atoms with Gasteiger partial charge >= 0.3 is 0 Å². The van der Waals surface area contributed by atoms with E-state index in [2.05, 4.69) is 20.5 Å². The van der Waals surface area contributed by atoms with Crippen LogP contribution in [0.3, 0.4) is 0 Å². The van der Waals surface area contributed by atoms with Gasteiger partial charge < -0.3 is 14.6 Å². The normalized spacial score (nSPS) is 11.0. The van der Waals surface area contributed by atoms with Gasteiger partial charge in [-0.1, -0.05) is 46.6 Å². The van der Waals surface area contributed by atoms with Gasteiger partial charge in [0.1, 0.15) is 11.6 Å². The summed E-state index contributed by atoms with van der Waals surface area (Å²) in [5.41, 5.74) is 2.44. The van der Waals surface area contributed by atoms with Crippen LogP contribution in [0.4, 0.5) is 5.13 Å². The molecule has 36 heavy (non-hydrogen) atoms. The Kier molecular flexibility index (Phi) is 9.14. The molecule has 2 aromatic heterocycles. The molecule has 0 saturated carbocycles. The molecule has 0 saturated heterocycles. The van der Waals surface area contributed by atoms with E-state index in [1.165, 1.54) is 23.1 Å². The van der Waals surface area contributed by atoms with Crippen LogP contribution >= 0.6 is 57.9 Å². The van der Waals surface area contributed by atoms with E-state index in [1.54, 1.807) is 18.2 Å². The van der Waals surface area contributed by atoms with Crippen LogP contribution in [0.2, 0.25) is 15.1 Å². The molecular formula is C24H22Cl3N5O2S2. The first-order valence-electron chi connectivity index (χ1n) is 10.9. The highest BCUT2D eigenvalue weighted by Gasteiger charge is 2.14. The van der Waals surface area contributed by atoms with E-state index in [9.17, 15) is 4.79 Å². The molecule has 4 rings (SSSR count). The van der Waals surface area contributed by atoms with Crippen molar-refractivity contribution in [2.45, 2.75) is 24.9 Å². The lowest BCUT2D eigenvalue weighted by Gasteiger charge is -2.09. The highest BCUT2D eigenvalue weighted by molar-refractivity contribution is 7.99. The standard InChI is InChI=1S/C24H22Cl3N5O2S2/c1-14-10-15(25)6-8-20(14)34-9-3-4-21-30-31-24(32(21)2)36-13-22(33)29-23-28-19(12-35-23)17-7-5-16(26)11-18(17)27/h5-8,10-12H,3-4,9,13H2,1-2H3,(H,28,29,33). The predicted molar refractivity (Wildman–Crippen MR) is 148 cm³/mol. The molecule has 0 aliphatic heterocycles. The van der Waals surface area contributed by atoms with Crippen molar-refractivity contribution >= 4 is 68.9 Å². The highest BCUT2D eigenvalue weighted by Crippen LogP contribution is 2.32. The zero-order chi connectivity index (χ0) is 25.7. The maximum Gasteiger partial charge on any atom is 0.236 e. The molecular weight excluding hydrogens is 561 g/mol. The third kappa shape index (κ3) is 6.92. The first-order chi connectivity index (χ1) is 17.3. The van der Waals surface area contributed by atoms with Crippen molar-refractivity contribution in [3.8, 4) is 17.0 Å². The molecule has 2 aromatic carbocycles. The number of anilines is 1. The molecule has 0 atom stereocenters. The molecule has 0 spiro atoms. The second-order valence-corrected chi connectivity index (χ2v) is 10.9. The third-order valence-corrected chi connectivity index (χ3v) is 7.72. The number of nitrogens with one attached hydrogen (secondary N) is 1. The van der Waals surface area contributed by atoms with Gasteiger partial charge in [0, 0.05) is 34.5 Å². The van der Waals surface area contributed by atoms with Gasteiger partial charge in [0.2, 0.25) is 5.91 Å². The molecule has 0 bridgehead atoms. The van der Waals surface area contributed by atoms with Gasteiger partial charge in [-0.25, -0.2) is 4.98 Å². The molecule has 7 nitrogen and oxygen atoms in total. The summed E-state index contributed by atoms with van der Waals surface area (Å²) in [6.07, 6.45) is 1.49. The fourth-order valence-electron chi connectivity index (χ4n) is 3.31. The Balaban J connectivity index is 1.24. The van der Waals surface area contributed by atoms with Crippen LogP contribution < -0.4 is 10.1 Å². The Bertz CT molecular complexity index is 1380. The number of hydrogen-bond acceptors (Lipinski definition) is 7. The zero-order valence-corrected chi connectivity index (χ0v) is 23.3. The first-order valence-corrected chi connectivity index (χ1v) is 13.9. The van der Waals surface area contributed by atoms with Gasteiger partial charge in [0.05, 0.1) is 23.1 Å². The van der Waals surface area contributed by atoms with Gasteiger partial charge in [-0.2, -0.15) is 0 Å². The van der Waals surface area contributed by atoms with Gasteiger partial charge in [0.15, 0.2) is 10.3 Å². The fourth-order valence-corrected chi connectivity index (χ4v) is 5.50. The summed E-state index contributed by atoms with van der Waals surface area (Å²) in [5, 5.41) is 16.1. The summed E-state index contributed by atoms with van der Waals surface area (Å²) in [7, 11) is 1.89. The van der Waals surface area contributed by atoms with Crippen LogP contribution in [0.15, 0.2) is 46.9 Å². The second kappa shape index (κ2) is 12.3. The Hall–Kier alpha value is -2.30. The summed E-state index contributed by atoms with van der Waals surface area (Å²) in [6, 6.07) is 10.8. The number of hydrogen-bond donors (Lipinski definition) is 1. The van der Waals surface area contributed by atoms with E-state index in [4.69, 9.17) is 39.5 Å². The van der Waals surface area contributed by atoms with Crippen molar-refractivity contribution in [2.24, 2.45) is 7.05 Å². The minimum Gasteiger partial charge on any atom is -0.493 e. The number of halogens is 3. The number of ether oxygens (including phenoxy) is 1. The number of aryl methyl sites for hydroxylation is 2. The number of thiazole rings is 1. The second-order valence-electron chi connectivity index (χ2n) is 7.82. The van der Waals surface area contributed by atoms with Crippen molar-refractivity contribution in [3.05, 3.63) is 68.2 Å². The maximum atomic E-state index is 12.5. The van der Waals surface area contributed by atoms with Crippen LogP contribution in [-0.2, 0) is 18.3 Å². The van der Waals surface area contributed by atoms with Crippen molar-refractivity contribution in [2.75, 3.05) is 17.7 Å². The van der Waals surface area contributed by atoms with E-state index < -0.39 is 0 Å². The monoisotopic (exact) mass is 581 g/mol. The summed E-state index contributed by atoms with van der Waals surface area (Å²) in [4.78, 5) is 16.9. The molecule has 0 aliphatic rings. The van der Waals surface area contributed by atoms with Crippen LogP contribution in [0.25, 0.3) is 11.3 Å². The molecule has 0 radical (unpaired) electrons.